The number of ether oxygens (including phenoxy) is 1. The fourth-order valence-electron chi connectivity index (χ4n) is 1.40. The summed E-state index contributed by atoms with van der Waals surface area (Å²) in [6, 6.07) is 5.33. The van der Waals surface area contributed by atoms with E-state index >= 15 is 0 Å². The Hall–Kier alpha value is -0.480. The number of nitrogens with two attached hydrogens (primary N) is 1. The fourth-order valence-corrected chi connectivity index (χ4v) is 1.90. The first-order valence-electron chi connectivity index (χ1n) is 5.60. The summed E-state index contributed by atoms with van der Waals surface area (Å²) >= 11 is 12.0. The largest absolute Gasteiger partial charge is 0.489 e. The van der Waals surface area contributed by atoms with Gasteiger partial charge in [0, 0.05) is 6.54 Å². The molecule has 0 atom stereocenters. The summed E-state index contributed by atoms with van der Waals surface area (Å²) in [6.07, 6.45) is 0.989. The van der Waals surface area contributed by atoms with Crippen LogP contribution in [0.4, 0.5) is 0 Å². The molecule has 0 heterocycles. The number of hydrogen-bond donors (Lipinski definition) is 1. The zero-order valence-electron chi connectivity index (χ0n) is 9.96. The summed E-state index contributed by atoms with van der Waals surface area (Å²) in [5.74, 6) is 0.558. The van der Waals surface area contributed by atoms with E-state index in [1.165, 1.54) is 0 Å². The predicted octanol–water partition coefficient (Wildman–Crippen LogP) is 2.65. The Bertz CT molecular complexity index is 327. The van der Waals surface area contributed by atoms with E-state index in [2.05, 4.69) is 4.90 Å². The smallest absolute Gasteiger partial charge is 0.156 e. The van der Waals surface area contributed by atoms with E-state index in [0.29, 0.717) is 28.9 Å². The second kappa shape index (κ2) is 7.77. The molecule has 3 nitrogen and oxygen atoms in total. The Morgan fingerprint density at radius 1 is 1.24 bits per heavy atom. The van der Waals surface area contributed by atoms with Crippen molar-refractivity contribution in [3.63, 3.8) is 0 Å². The van der Waals surface area contributed by atoms with Crippen molar-refractivity contribution in [1.82, 2.24) is 4.90 Å². The highest BCUT2D eigenvalue weighted by Gasteiger charge is 2.06. The molecule has 0 aliphatic rings. The standard InChI is InChI=1S/C12H18Cl2N2O/c1-16(7-3-6-15)8-9-17-12-10(13)4-2-5-11(12)14/h2,4-5H,3,6-9,15H2,1H3. The van der Waals surface area contributed by atoms with Crippen molar-refractivity contribution < 1.29 is 4.74 Å². The molecule has 1 aromatic rings. The van der Waals surface area contributed by atoms with Gasteiger partial charge in [-0.2, -0.15) is 0 Å². The van der Waals surface area contributed by atoms with Crippen molar-refractivity contribution in [2.75, 3.05) is 33.3 Å². The van der Waals surface area contributed by atoms with Gasteiger partial charge in [0.2, 0.25) is 0 Å². The Morgan fingerprint density at radius 2 is 1.88 bits per heavy atom. The van der Waals surface area contributed by atoms with Crippen molar-refractivity contribution in [3.8, 4) is 5.75 Å². The molecule has 0 fully saturated rings. The van der Waals surface area contributed by atoms with Gasteiger partial charge in [0.25, 0.3) is 0 Å². The Labute approximate surface area is 112 Å². The first kappa shape index (κ1) is 14.6. The molecule has 1 rings (SSSR count). The topological polar surface area (TPSA) is 38.5 Å². The van der Waals surface area contributed by atoms with Crippen LogP contribution in [0.2, 0.25) is 10.0 Å². The second-order valence-corrected chi connectivity index (χ2v) is 4.66. The normalized spacial score (nSPS) is 10.9. The monoisotopic (exact) mass is 276 g/mol. The van der Waals surface area contributed by atoms with Crippen LogP contribution in [-0.4, -0.2) is 38.2 Å². The van der Waals surface area contributed by atoms with Crippen LogP contribution in [0.1, 0.15) is 6.42 Å². The van der Waals surface area contributed by atoms with Crippen molar-refractivity contribution in [2.24, 2.45) is 5.73 Å². The van der Waals surface area contributed by atoms with Crippen LogP contribution in [0.15, 0.2) is 18.2 Å². The van der Waals surface area contributed by atoms with E-state index in [4.69, 9.17) is 33.7 Å². The van der Waals surface area contributed by atoms with Gasteiger partial charge in [-0.3, -0.25) is 0 Å². The van der Waals surface area contributed by atoms with Gasteiger partial charge in [-0.05, 0) is 38.7 Å². The van der Waals surface area contributed by atoms with Crippen molar-refractivity contribution in [3.05, 3.63) is 28.2 Å². The molecule has 0 aromatic heterocycles. The molecular weight excluding hydrogens is 259 g/mol. The van der Waals surface area contributed by atoms with Crippen LogP contribution in [0.5, 0.6) is 5.75 Å². The van der Waals surface area contributed by atoms with E-state index < -0.39 is 0 Å². The van der Waals surface area contributed by atoms with Gasteiger partial charge in [-0.1, -0.05) is 29.3 Å². The molecule has 0 amide bonds. The molecule has 0 unspecified atom stereocenters. The Morgan fingerprint density at radius 3 is 2.47 bits per heavy atom. The molecule has 0 radical (unpaired) electrons. The van der Waals surface area contributed by atoms with Crippen LogP contribution in [0.25, 0.3) is 0 Å². The van der Waals surface area contributed by atoms with Crippen molar-refractivity contribution in [2.45, 2.75) is 6.42 Å². The van der Waals surface area contributed by atoms with E-state index in [-0.39, 0.29) is 0 Å². The van der Waals surface area contributed by atoms with E-state index in [9.17, 15) is 0 Å². The second-order valence-electron chi connectivity index (χ2n) is 3.84. The van der Waals surface area contributed by atoms with Gasteiger partial charge < -0.3 is 15.4 Å². The number of benzene rings is 1. The molecule has 1 aromatic carbocycles. The number of para-hydroxylation sites is 1. The minimum atomic E-state index is 0.544. The van der Waals surface area contributed by atoms with Crippen LogP contribution in [-0.2, 0) is 0 Å². The average Bonchev–Trinajstić information content (AvgIpc) is 2.30. The molecule has 5 heteroatoms. The molecule has 0 spiro atoms. The lowest BCUT2D eigenvalue weighted by atomic mass is 10.3. The summed E-state index contributed by atoms with van der Waals surface area (Å²) in [6.45, 7) is 3.06. The highest BCUT2D eigenvalue weighted by molar-refractivity contribution is 6.37. The zero-order valence-corrected chi connectivity index (χ0v) is 11.5. The highest BCUT2D eigenvalue weighted by atomic mass is 35.5. The third-order valence-corrected chi connectivity index (χ3v) is 2.98. The minimum absolute atomic E-state index is 0.544. The van der Waals surface area contributed by atoms with Gasteiger partial charge in [-0.15, -0.1) is 0 Å². The molecule has 17 heavy (non-hydrogen) atoms. The molecule has 0 saturated carbocycles. The minimum Gasteiger partial charge on any atom is -0.489 e. The molecule has 2 N–H and O–H groups in total. The first-order chi connectivity index (χ1) is 8.15. The highest BCUT2D eigenvalue weighted by Crippen LogP contribution is 2.32. The SMILES string of the molecule is CN(CCCN)CCOc1c(Cl)cccc1Cl. The maximum absolute atomic E-state index is 5.99. The molecule has 0 aliphatic heterocycles. The Balaban J connectivity index is 2.35. The summed E-state index contributed by atoms with van der Waals surface area (Å²) in [5, 5.41) is 1.09. The van der Waals surface area contributed by atoms with Crippen LogP contribution in [0.3, 0.4) is 0 Å². The lowest BCUT2D eigenvalue weighted by Gasteiger charge is -2.17. The number of halogens is 2. The van der Waals surface area contributed by atoms with Gasteiger partial charge in [-0.25, -0.2) is 0 Å². The Kier molecular flexibility index (Phi) is 6.66. The van der Waals surface area contributed by atoms with Crippen LogP contribution >= 0.6 is 23.2 Å². The molecule has 0 bridgehead atoms. The van der Waals surface area contributed by atoms with Gasteiger partial charge >= 0.3 is 0 Å². The quantitative estimate of drug-likeness (QED) is 0.832. The summed E-state index contributed by atoms with van der Waals surface area (Å²) in [7, 11) is 2.03. The maximum Gasteiger partial charge on any atom is 0.156 e. The van der Waals surface area contributed by atoms with E-state index in [1.54, 1.807) is 18.2 Å². The van der Waals surface area contributed by atoms with E-state index in [1.807, 2.05) is 7.05 Å². The predicted molar refractivity (Wildman–Crippen MR) is 73.1 cm³/mol. The third-order valence-electron chi connectivity index (χ3n) is 2.38. The summed E-state index contributed by atoms with van der Waals surface area (Å²) in [4.78, 5) is 2.16. The maximum atomic E-state index is 5.99. The van der Waals surface area contributed by atoms with E-state index in [0.717, 1.165) is 19.5 Å². The van der Waals surface area contributed by atoms with Gasteiger partial charge in [0.05, 0.1) is 10.0 Å². The first-order valence-corrected chi connectivity index (χ1v) is 6.36. The van der Waals surface area contributed by atoms with Gasteiger partial charge in [0.1, 0.15) is 6.61 Å². The average molecular weight is 277 g/mol. The lowest BCUT2D eigenvalue weighted by Crippen LogP contribution is -2.26. The van der Waals surface area contributed by atoms with Gasteiger partial charge in [0.15, 0.2) is 5.75 Å². The number of rotatable bonds is 7. The molecule has 0 saturated heterocycles. The third kappa shape index (κ3) is 5.13. The summed E-state index contributed by atoms with van der Waals surface area (Å²) in [5.41, 5.74) is 5.44. The number of nitrogens with zero attached hydrogens (tertiary/aromatic N) is 1. The number of hydrogen-bond acceptors (Lipinski definition) is 3. The van der Waals surface area contributed by atoms with Crippen LogP contribution in [0, 0.1) is 0 Å². The van der Waals surface area contributed by atoms with Crippen molar-refractivity contribution >= 4 is 23.2 Å². The lowest BCUT2D eigenvalue weighted by molar-refractivity contribution is 0.237. The molecule has 96 valence electrons. The molecule has 0 aliphatic carbocycles. The van der Waals surface area contributed by atoms with Crippen LogP contribution < -0.4 is 10.5 Å². The van der Waals surface area contributed by atoms with Crippen molar-refractivity contribution in [1.29, 1.82) is 0 Å². The zero-order chi connectivity index (χ0) is 12.7. The fraction of sp³-hybridized carbons (Fsp3) is 0.500. The molecular formula is C12H18Cl2N2O. The summed E-state index contributed by atoms with van der Waals surface area (Å²) < 4.78 is 5.58. The number of likely N-dealkylation sites (N-methyl/N-ethyl adjacent to an activating group) is 1.